The summed E-state index contributed by atoms with van der Waals surface area (Å²) in [6.07, 6.45) is 0. The highest BCUT2D eigenvalue weighted by Gasteiger charge is 1.95. The lowest BCUT2D eigenvalue weighted by Crippen LogP contribution is -1.82. The van der Waals surface area contributed by atoms with Gasteiger partial charge in [0.2, 0.25) is 0 Å². The minimum absolute atomic E-state index is 0.389. The molecule has 0 saturated heterocycles. The van der Waals surface area contributed by atoms with E-state index in [1.807, 2.05) is 0 Å². The Morgan fingerprint density at radius 3 is 2.75 bits per heavy atom. The SMILES string of the molecule is COc1nsc(S)n1. The van der Waals surface area contributed by atoms with Gasteiger partial charge < -0.3 is 4.74 Å². The molecular formula is C3H4N2OS2. The average Bonchev–Trinajstić information content (AvgIpc) is 2.14. The Morgan fingerprint density at radius 2 is 2.50 bits per heavy atom. The second kappa shape index (κ2) is 2.32. The Balaban J connectivity index is 2.84. The summed E-state index contributed by atoms with van der Waals surface area (Å²) in [4.78, 5) is 3.78. The lowest BCUT2D eigenvalue weighted by atomic mass is 11.2. The first-order valence-electron chi connectivity index (χ1n) is 1.89. The number of methoxy groups -OCH3 is 1. The van der Waals surface area contributed by atoms with Gasteiger partial charge in [-0.05, 0) is 11.5 Å². The molecule has 0 aliphatic carbocycles. The Hall–Kier alpha value is -0.290. The van der Waals surface area contributed by atoms with E-state index >= 15 is 0 Å². The van der Waals surface area contributed by atoms with Gasteiger partial charge in [-0.15, -0.1) is 17.0 Å². The van der Waals surface area contributed by atoms with Gasteiger partial charge >= 0.3 is 6.01 Å². The van der Waals surface area contributed by atoms with Crippen LogP contribution < -0.4 is 4.74 Å². The number of nitrogens with zero attached hydrogens (tertiary/aromatic N) is 2. The van der Waals surface area contributed by atoms with Crippen LogP contribution in [-0.4, -0.2) is 16.5 Å². The molecule has 0 atom stereocenters. The summed E-state index contributed by atoms with van der Waals surface area (Å²) < 4.78 is 9.07. The fourth-order valence-electron chi connectivity index (χ4n) is 0.285. The average molecular weight is 148 g/mol. The predicted molar refractivity (Wildman–Crippen MR) is 33.7 cm³/mol. The summed E-state index contributed by atoms with van der Waals surface area (Å²) in [5.41, 5.74) is 0. The van der Waals surface area contributed by atoms with Crippen LogP contribution in [0.25, 0.3) is 0 Å². The van der Waals surface area contributed by atoms with Crippen molar-refractivity contribution >= 4 is 24.2 Å². The second-order valence-electron chi connectivity index (χ2n) is 1.06. The summed E-state index contributed by atoms with van der Waals surface area (Å²) in [6.45, 7) is 0. The molecule has 0 radical (unpaired) electrons. The molecule has 5 heteroatoms. The Labute approximate surface area is 56.3 Å². The van der Waals surface area contributed by atoms with E-state index in [9.17, 15) is 0 Å². The highest BCUT2D eigenvalue weighted by molar-refractivity contribution is 7.82. The fraction of sp³-hybridized carbons (Fsp3) is 0.333. The second-order valence-corrected chi connectivity index (χ2v) is 2.54. The zero-order valence-electron chi connectivity index (χ0n) is 4.16. The minimum atomic E-state index is 0.389. The van der Waals surface area contributed by atoms with Crippen molar-refractivity contribution in [1.82, 2.24) is 9.36 Å². The molecule has 1 rings (SSSR count). The first-order chi connectivity index (χ1) is 3.83. The van der Waals surface area contributed by atoms with Crippen LogP contribution in [0.1, 0.15) is 0 Å². The van der Waals surface area contributed by atoms with Crippen LogP contribution in [0, 0.1) is 0 Å². The van der Waals surface area contributed by atoms with E-state index in [0.717, 1.165) is 0 Å². The van der Waals surface area contributed by atoms with Crippen LogP contribution in [0.2, 0.25) is 0 Å². The van der Waals surface area contributed by atoms with Gasteiger partial charge in [-0.3, -0.25) is 0 Å². The molecule has 0 saturated carbocycles. The third-order valence-corrected chi connectivity index (χ3v) is 1.43. The van der Waals surface area contributed by atoms with Crippen molar-refractivity contribution in [2.24, 2.45) is 0 Å². The zero-order chi connectivity index (χ0) is 5.98. The molecule has 0 aromatic carbocycles. The Bertz CT molecular complexity index is 176. The van der Waals surface area contributed by atoms with Crippen molar-refractivity contribution in [2.45, 2.75) is 4.34 Å². The van der Waals surface area contributed by atoms with Crippen molar-refractivity contribution in [3.05, 3.63) is 0 Å². The van der Waals surface area contributed by atoms with Crippen molar-refractivity contribution in [2.75, 3.05) is 7.11 Å². The molecule has 8 heavy (non-hydrogen) atoms. The van der Waals surface area contributed by atoms with E-state index in [1.54, 1.807) is 0 Å². The molecule has 1 heterocycles. The first-order valence-corrected chi connectivity index (χ1v) is 3.11. The normalized spacial score (nSPS) is 9.25. The topological polar surface area (TPSA) is 35.0 Å². The van der Waals surface area contributed by atoms with Gasteiger partial charge in [0.1, 0.15) is 0 Å². The van der Waals surface area contributed by atoms with Gasteiger partial charge in [0, 0.05) is 0 Å². The zero-order valence-corrected chi connectivity index (χ0v) is 5.87. The maximum absolute atomic E-state index is 4.67. The van der Waals surface area contributed by atoms with Gasteiger partial charge in [-0.2, -0.15) is 4.98 Å². The van der Waals surface area contributed by atoms with E-state index in [-0.39, 0.29) is 0 Å². The quantitative estimate of drug-likeness (QED) is 0.599. The molecular weight excluding hydrogens is 144 g/mol. The van der Waals surface area contributed by atoms with Crippen LogP contribution in [0.3, 0.4) is 0 Å². The Kier molecular flexibility index (Phi) is 1.69. The van der Waals surface area contributed by atoms with Gasteiger partial charge in [-0.1, -0.05) is 0 Å². The molecule has 1 aromatic heterocycles. The molecule has 0 aliphatic heterocycles. The molecule has 0 N–H and O–H groups in total. The molecule has 0 aliphatic rings. The summed E-state index contributed by atoms with van der Waals surface area (Å²) >= 11 is 5.13. The highest BCUT2D eigenvalue weighted by atomic mass is 32.2. The third kappa shape index (κ3) is 1.10. The van der Waals surface area contributed by atoms with E-state index in [0.29, 0.717) is 10.4 Å². The molecule has 0 spiro atoms. The standard InChI is InChI=1S/C3H4N2OS2/c1-6-2-4-3(7)8-5-2/h1H3,(H,4,5,7). The number of rotatable bonds is 1. The van der Waals surface area contributed by atoms with E-state index in [1.165, 1.54) is 18.6 Å². The van der Waals surface area contributed by atoms with Crippen LogP contribution >= 0.6 is 24.2 Å². The summed E-state index contributed by atoms with van der Waals surface area (Å²) in [7, 11) is 1.52. The fourth-order valence-corrected chi connectivity index (χ4v) is 0.887. The van der Waals surface area contributed by atoms with Gasteiger partial charge in [0.25, 0.3) is 0 Å². The van der Waals surface area contributed by atoms with Crippen LogP contribution in [0.5, 0.6) is 6.01 Å². The molecule has 0 unspecified atom stereocenters. The van der Waals surface area contributed by atoms with Crippen molar-refractivity contribution in [3.8, 4) is 6.01 Å². The lowest BCUT2D eigenvalue weighted by Gasteiger charge is -1.83. The smallest absolute Gasteiger partial charge is 0.329 e. The van der Waals surface area contributed by atoms with E-state index < -0.39 is 0 Å². The van der Waals surface area contributed by atoms with Crippen LogP contribution in [-0.2, 0) is 0 Å². The Morgan fingerprint density at radius 1 is 1.75 bits per heavy atom. The third-order valence-electron chi connectivity index (χ3n) is 0.579. The first kappa shape index (κ1) is 5.84. The highest BCUT2D eigenvalue weighted by Crippen LogP contribution is 2.12. The van der Waals surface area contributed by atoms with Crippen LogP contribution in [0.15, 0.2) is 4.34 Å². The number of hydrogen-bond acceptors (Lipinski definition) is 5. The van der Waals surface area contributed by atoms with E-state index in [2.05, 4.69) is 26.7 Å². The van der Waals surface area contributed by atoms with Crippen molar-refractivity contribution in [3.63, 3.8) is 0 Å². The summed E-state index contributed by atoms with van der Waals surface area (Å²) in [6, 6.07) is 0.389. The summed E-state index contributed by atoms with van der Waals surface area (Å²) in [5.74, 6) is 0. The largest absolute Gasteiger partial charge is 0.466 e. The van der Waals surface area contributed by atoms with Crippen LogP contribution in [0.4, 0.5) is 0 Å². The molecule has 3 nitrogen and oxygen atoms in total. The lowest BCUT2D eigenvalue weighted by molar-refractivity contribution is 0.384. The van der Waals surface area contributed by atoms with Gasteiger partial charge in [-0.25, -0.2) is 0 Å². The van der Waals surface area contributed by atoms with Gasteiger partial charge in [0.05, 0.1) is 7.11 Å². The monoisotopic (exact) mass is 148 g/mol. The predicted octanol–water partition coefficient (Wildman–Crippen LogP) is 0.835. The minimum Gasteiger partial charge on any atom is -0.466 e. The van der Waals surface area contributed by atoms with Gasteiger partial charge in [0.15, 0.2) is 4.34 Å². The molecule has 1 aromatic rings. The van der Waals surface area contributed by atoms with Crippen molar-refractivity contribution < 1.29 is 4.74 Å². The molecule has 0 amide bonds. The number of ether oxygens (including phenoxy) is 1. The molecule has 0 bridgehead atoms. The van der Waals surface area contributed by atoms with Crippen molar-refractivity contribution in [1.29, 1.82) is 0 Å². The summed E-state index contributed by atoms with van der Waals surface area (Å²) in [5, 5.41) is 0. The maximum Gasteiger partial charge on any atom is 0.329 e. The number of hydrogen-bond donors (Lipinski definition) is 1. The number of aromatic nitrogens is 2. The van der Waals surface area contributed by atoms with E-state index in [4.69, 9.17) is 0 Å². The maximum atomic E-state index is 4.67. The molecule has 0 fully saturated rings. The number of thiol groups is 1. The molecule has 44 valence electrons.